The minimum Gasteiger partial charge on any atom is -0.497 e. The standard InChI is InChI=1S/C20H23NO2/c1-20(2,3)16-7-5-15(6-8-16)19(22)13-14-21-17-9-11-18(23-4)12-10-17/h5-14,21H,1-4H3. The van der Waals surface area contributed by atoms with Crippen molar-refractivity contribution in [3.05, 3.63) is 71.9 Å². The van der Waals surface area contributed by atoms with Gasteiger partial charge in [0.2, 0.25) is 0 Å². The van der Waals surface area contributed by atoms with Gasteiger partial charge in [-0.3, -0.25) is 4.79 Å². The summed E-state index contributed by atoms with van der Waals surface area (Å²) in [4.78, 5) is 12.1. The third kappa shape index (κ3) is 4.71. The van der Waals surface area contributed by atoms with Crippen LogP contribution in [0.4, 0.5) is 5.69 Å². The molecule has 0 saturated carbocycles. The van der Waals surface area contributed by atoms with Gasteiger partial charge in [-0.1, -0.05) is 45.0 Å². The number of methoxy groups -OCH3 is 1. The van der Waals surface area contributed by atoms with Gasteiger partial charge in [0.05, 0.1) is 7.11 Å². The highest BCUT2D eigenvalue weighted by Gasteiger charge is 2.13. The van der Waals surface area contributed by atoms with Gasteiger partial charge >= 0.3 is 0 Å². The Morgan fingerprint density at radius 1 is 1.00 bits per heavy atom. The Hall–Kier alpha value is -2.55. The van der Waals surface area contributed by atoms with Crippen LogP contribution in [-0.4, -0.2) is 12.9 Å². The number of benzene rings is 2. The summed E-state index contributed by atoms with van der Waals surface area (Å²) in [5.74, 6) is 0.779. The van der Waals surface area contributed by atoms with Crippen molar-refractivity contribution in [1.29, 1.82) is 0 Å². The summed E-state index contributed by atoms with van der Waals surface area (Å²) in [6, 6.07) is 15.3. The lowest BCUT2D eigenvalue weighted by Gasteiger charge is -2.18. The summed E-state index contributed by atoms with van der Waals surface area (Å²) in [6.45, 7) is 6.47. The number of hydrogen-bond donors (Lipinski definition) is 1. The SMILES string of the molecule is COc1ccc(NC=CC(=O)c2ccc(C(C)(C)C)cc2)cc1. The third-order valence-corrected chi connectivity index (χ3v) is 3.61. The van der Waals surface area contributed by atoms with Crippen molar-refractivity contribution in [2.45, 2.75) is 26.2 Å². The maximum atomic E-state index is 12.1. The van der Waals surface area contributed by atoms with Crippen LogP contribution in [0.3, 0.4) is 0 Å². The highest BCUT2D eigenvalue weighted by molar-refractivity contribution is 6.04. The van der Waals surface area contributed by atoms with E-state index < -0.39 is 0 Å². The van der Waals surface area contributed by atoms with Gasteiger partial charge in [-0.15, -0.1) is 0 Å². The topological polar surface area (TPSA) is 38.3 Å². The van der Waals surface area contributed by atoms with Crippen molar-refractivity contribution < 1.29 is 9.53 Å². The predicted octanol–water partition coefficient (Wildman–Crippen LogP) is 4.80. The molecule has 0 unspecified atom stereocenters. The number of anilines is 1. The molecule has 2 aromatic carbocycles. The molecule has 3 heteroatoms. The van der Waals surface area contributed by atoms with E-state index in [4.69, 9.17) is 4.74 Å². The fraction of sp³-hybridized carbons (Fsp3) is 0.250. The van der Waals surface area contributed by atoms with Gasteiger partial charge in [0, 0.05) is 23.5 Å². The van der Waals surface area contributed by atoms with Gasteiger partial charge in [0.25, 0.3) is 0 Å². The molecule has 0 bridgehead atoms. The molecule has 0 amide bonds. The summed E-state index contributed by atoms with van der Waals surface area (Å²) >= 11 is 0. The van der Waals surface area contributed by atoms with E-state index in [0.29, 0.717) is 5.56 Å². The molecule has 0 radical (unpaired) electrons. The van der Waals surface area contributed by atoms with E-state index in [1.165, 1.54) is 11.6 Å². The molecule has 0 aliphatic carbocycles. The lowest BCUT2D eigenvalue weighted by molar-refractivity contribution is 0.104. The molecule has 0 saturated heterocycles. The number of ketones is 1. The second kappa shape index (κ2) is 7.14. The van der Waals surface area contributed by atoms with Gasteiger partial charge in [0.15, 0.2) is 5.78 Å². The number of carbonyl (C=O) groups excluding carboxylic acids is 1. The first-order valence-electron chi connectivity index (χ1n) is 7.62. The molecule has 0 spiro atoms. The number of ether oxygens (including phenoxy) is 1. The summed E-state index contributed by atoms with van der Waals surface area (Å²) < 4.78 is 5.10. The lowest BCUT2D eigenvalue weighted by atomic mass is 9.86. The lowest BCUT2D eigenvalue weighted by Crippen LogP contribution is -2.11. The minimum atomic E-state index is -0.0218. The van der Waals surface area contributed by atoms with Gasteiger partial charge < -0.3 is 10.1 Å². The van der Waals surface area contributed by atoms with Crippen LogP contribution in [0.1, 0.15) is 36.7 Å². The Balaban J connectivity index is 1.97. The van der Waals surface area contributed by atoms with Crippen LogP contribution in [0.25, 0.3) is 0 Å². The molecule has 0 aliphatic rings. The Morgan fingerprint density at radius 2 is 1.61 bits per heavy atom. The molecule has 2 rings (SSSR count). The quantitative estimate of drug-likeness (QED) is 0.637. The molecule has 2 aromatic rings. The maximum absolute atomic E-state index is 12.1. The molecule has 0 aromatic heterocycles. The fourth-order valence-corrected chi connectivity index (χ4v) is 2.13. The van der Waals surface area contributed by atoms with E-state index in [1.54, 1.807) is 13.3 Å². The number of rotatable bonds is 5. The zero-order valence-corrected chi connectivity index (χ0v) is 14.1. The molecule has 0 atom stereocenters. The van der Waals surface area contributed by atoms with E-state index in [9.17, 15) is 4.79 Å². The Labute approximate surface area is 138 Å². The van der Waals surface area contributed by atoms with E-state index >= 15 is 0 Å². The first-order valence-corrected chi connectivity index (χ1v) is 7.62. The Morgan fingerprint density at radius 3 is 2.13 bits per heavy atom. The van der Waals surface area contributed by atoms with Gasteiger partial charge in [-0.25, -0.2) is 0 Å². The molecule has 0 aliphatic heterocycles. The second-order valence-electron chi connectivity index (χ2n) is 6.40. The summed E-state index contributed by atoms with van der Waals surface area (Å²) in [7, 11) is 1.63. The third-order valence-electron chi connectivity index (χ3n) is 3.61. The van der Waals surface area contributed by atoms with E-state index in [1.807, 2.05) is 48.5 Å². The largest absolute Gasteiger partial charge is 0.497 e. The molecule has 3 nitrogen and oxygen atoms in total. The maximum Gasteiger partial charge on any atom is 0.187 e. The zero-order valence-electron chi connectivity index (χ0n) is 14.1. The molecular weight excluding hydrogens is 286 g/mol. The molecule has 0 heterocycles. The fourth-order valence-electron chi connectivity index (χ4n) is 2.13. The number of nitrogens with one attached hydrogen (secondary N) is 1. The van der Waals surface area contributed by atoms with Crippen LogP contribution in [0.5, 0.6) is 5.75 Å². The van der Waals surface area contributed by atoms with Gasteiger partial charge in [-0.05, 0) is 35.2 Å². The monoisotopic (exact) mass is 309 g/mol. The molecule has 120 valence electrons. The van der Waals surface area contributed by atoms with Crippen LogP contribution in [0.15, 0.2) is 60.8 Å². The predicted molar refractivity (Wildman–Crippen MR) is 95.2 cm³/mol. The van der Waals surface area contributed by atoms with Crippen LogP contribution in [0, 0.1) is 0 Å². The van der Waals surface area contributed by atoms with Crippen molar-refractivity contribution in [1.82, 2.24) is 0 Å². The van der Waals surface area contributed by atoms with Crippen LogP contribution >= 0.6 is 0 Å². The normalized spacial score (nSPS) is 11.5. The molecule has 0 fully saturated rings. The minimum absolute atomic E-state index is 0.0218. The van der Waals surface area contributed by atoms with Crippen LogP contribution < -0.4 is 10.1 Å². The van der Waals surface area contributed by atoms with E-state index in [0.717, 1.165) is 11.4 Å². The zero-order chi connectivity index (χ0) is 16.9. The average Bonchev–Trinajstić information content (AvgIpc) is 2.54. The Bertz CT molecular complexity index is 677. The van der Waals surface area contributed by atoms with Crippen molar-refractivity contribution in [2.75, 3.05) is 12.4 Å². The van der Waals surface area contributed by atoms with E-state index in [2.05, 4.69) is 26.1 Å². The van der Waals surface area contributed by atoms with Gasteiger partial charge in [0.1, 0.15) is 5.75 Å². The molecular formula is C20H23NO2. The van der Waals surface area contributed by atoms with Crippen LogP contribution in [-0.2, 0) is 5.41 Å². The Kier molecular flexibility index (Phi) is 5.22. The number of allylic oxidation sites excluding steroid dienone is 1. The molecule has 1 N–H and O–H groups in total. The van der Waals surface area contributed by atoms with E-state index in [-0.39, 0.29) is 11.2 Å². The van der Waals surface area contributed by atoms with Gasteiger partial charge in [-0.2, -0.15) is 0 Å². The second-order valence-corrected chi connectivity index (χ2v) is 6.40. The first kappa shape index (κ1) is 16.8. The van der Waals surface area contributed by atoms with Crippen molar-refractivity contribution >= 4 is 11.5 Å². The number of carbonyl (C=O) groups is 1. The van der Waals surface area contributed by atoms with Crippen molar-refractivity contribution in [2.24, 2.45) is 0 Å². The smallest absolute Gasteiger partial charge is 0.187 e. The number of hydrogen-bond acceptors (Lipinski definition) is 3. The highest BCUT2D eigenvalue weighted by Crippen LogP contribution is 2.22. The first-order chi connectivity index (χ1) is 10.9. The highest BCUT2D eigenvalue weighted by atomic mass is 16.5. The average molecular weight is 309 g/mol. The van der Waals surface area contributed by atoms with Crippen molar-refractivity contribution in [3.63, 3.8) is 0 Å². The van der Waals surface area contributed by atoms with Crippen molar-refractivity contribution in [3.8, 4) is 5.75 Å². The summed E-state index contributed by atoms with van der Waals surface area (Å²) in [5.41, 5.74) is 2.89. The summed E-state index contributed by atoms with van der Waals surface area (Å²) in [5, 5.41) is 3.08. The van der Waals surface area contributed by atoms with Crippen LogP contribution in [0.2, 0.25) is 0 Å². The molecule has 23 heavy (non-hydrogen) atoms. The summed E-state index contributed by atoms with van der Waals surface area (Å²) in [6.07, 6.45) is 3.19.